The molecule has 0 heterocycles. The van der Waals surface area contributed by atoms with E-state index in [4.69, 9.17) is 0 Å². The molecule has 6 nitrogen and oxygen atoms in total. The highest BCUT2D eigenvalue weighted by atomic mass is 32.2. The zero-order valence-corrected chi connectivity index (χ0v) is 18.0. The first-order chi connectivity index (χ1) is 15.9. The van der Waals surface area contributed by atoms with Crippen LogP contribution >= 0.6 is 0 Å². The Bertz CT molecular complexity index is 1300. The predicted molar refractivity (Wildman–Crippen MR) is 125 cm³/mol. The lowest BCUT2D eigenvalue weighted by molar-refractivity contribution is 0.102. The van der Waals surface area contributed by atoms with Gasteiger partial charge in [0.1, 0.15) is 11.6 Å². The summed E-state index contributed by atoms with van der Waals surface area (Å²) in [6.07, 6.45) is 0. The summed E-state index contributed by atoms with van der Waals surface area (Å²) in [6, 6.07) is 25.6. The molecule has 33 heavy (non-hydrogen) atoms. The zero-order valence-electron chi connectivity index (χ0n) is 17.1. The summed E-state index contributed by atoms with van der Waals surface area (Å²) in [4.78, 5) is 12.7. The van der Waals surface area contributed by atoms with Crippen molar-refractivity contribution in [2.45, 2.75) is 0 Å². The summed E-state index contributed by atoms with van der Waals surface area (Å²) in [6.45, 7) is 0. The molecule has 1 unspecified atom stereocenters. The highest BCUT2D eigenvalue weighted by Gasteiger charge is 2.17. The van der Waals surface area contributed by atoms with Gasteiger partial charge in [0.2, 0.25) is 0 Å². The van der Waals surface area contributed by atoms with Gasteiger partial charge in [-0.3, -0.25) is 13.3 Å². The van der Waals surface area contributed by atoms with E-state index in [1.165, 1.54) is 30.3 Å². The third-order valence-corrected chi connectivity index (χ3v) is 5.62. The molecule has 1 atom stereocenters. The minimum absolute atomic E-state index is 0.0906. The van der Waals surface area contributed by atoms with Crippen molar-refractivity contribution in [3.8, 4) is 16.9 Å². The molecular weight excluding hydrogens is 443 g/mol. The summed E-state index contributed by atoms with van der Waals surface area (Å²) in [5, 5.41) is 13.0. The minimum atomic E-state index is -2.81. The van der Waals surface area contributed by atoms with Crippen molar-refractivity contribution in [1.29, 1.82) is 0 Å². The van der Waals surface area contributed by atoms with Crippen molar-refractivity contribution in [1.82, 2.24) is 0 Å². The van der Waals surface area contributed by atoms with Gasteiger partial charge < -0.3 is 15.0 Å². The number of carbonyl (C=O) groups excluding carboxylic acids is 1. The Morgan fingerprint density at radius 3 is 2.15 bits per heavy atom. The molecule has 0 radical (unpaired) electrons. The molecule has 1 amide bonds. The lowest BCUT2D eigenvalue weighted by Gasteiger charge is -2.27. The van der Waals surface area contributed by atoms with Gasteiger partial charge in [0.25, 0.3) is 5.91 Å². The Balaban J connectivity index is 1.58. The average molecular weight is 461 g/mol. The fourth-order valence-electron chi connectivity index (χ4n) is 3.29. The second kappa shape index (κ2) is 9.64. The van der Waals surface area contributed by atoms with Crippen LogP contribution in [0.15, 0.2) is 97.1 Å². The number of amides is 1. The largest absolute Gasteiger partial charge is 0.755 e. The third-order valence-electron chi connectivity index (χ3n) is 4.92. The van der Waals surface area contributed by atoms with E-state index in [2.05, 4.69) is 5.32 Å². The van der Waals surface area contributed by atoms with Gasteiger partial charge in [-0.25, -0.2) is 4.39 Å². The number of hydrogen-bond acceptors (Lipinski definition) is 4. The molecule has 0 aliphatic carbocycles. The number of carbonyl (C=O) groups is 1. The molecule has 166 valence electrons. The Kier molecular flexibility index (Phi) is 6.48. The van der Waals surface area contributed by atoms with E-state index >= 15 is 0 Å². The van der Waals surface area contributed by atoms with Crippen molar-refractivity contribution in [2.75, 3.05) is 9.62 Å². The first kappa shape index (κ1) is 22.2. The third kappa shape index (κ3) is 5.08. The maximum Gasteiger partial charge on any atom is 0.255 e. The number of anilines is 3. The highest BCUT2D eigenvalue weighted by Crippen LogP contribution is 2.36. The summed E-state index contributed by atoms with van der Waals surface area (Å²) >= 11 is -2.81. The van der Waals surface area contributed by atoms with E-state index in [1.807, 2.05) is 42.5 Å². The van der Waals surface area contributed by atoms with Gasteiger partial charge in [-0.1, -0.05) is 42.5 Å². The summed E-state index contributed by atoms with van der Waals surface area (Å²) in [5.74, 6) is -1.25. The second-order valence-electron chi connectivity index (χ2n) is 7.09. The van der Waals surface area contributed by atoms with Crippen LogP contribution in [-0.2, 0) is 11.3 Å². The van der Waals surface area contributed by atoms with E-state index in [-0.39, 0.29) is 22.8 Å². The van der Waals surface area contributed by atoms with Gasteiger partial charge in [0.15, 0.2) is 0 Å². The smallest absolute Gasteiger partial charge is 0.255 e. The van der Waals surface area contributed by atoms with E-state index in [9.17, 15) is 23.1 Å². The monoisotopic (exact) mass is 461 g/mol. The number of rotatable bonds is 6. The van der Waals surface area contributed by atoms with Crippen molar-refractivity contribution in [3.63, 3.8) is 0 Å². The lowest BCUT2D eigenvalue weighted by Crippen LogP contribution is -2.20. The van der Waals surface area contributed by atoms with E-state index in [1.54, 1.807) is 12.1 Å². The van der Waals surface area contributed by atoms with Gasteiger partial charge in [0.05, 0.1) is 22.6 Å². The molecule has 0 aliphatic rings. The standard InChI is InChI=1S/C25H19FN2O4S/c26-20-10-13-22(14-11-20)28(33(31)32)23-16-21(12-15-24(23)29)27-25(30)19-8-6-18(7-9-19)17-4-2-1-3-5-17/h1-16,29H,(H,27,30)(H,31,32)/p-1. The maximum atomic E-state index is 13.3. The molecule has 4 aromatic rings. The molecule has 0 saturated heterocycles. The van der Waals surface area contributed by atoms with Crippen LogP contribution in [-0.4, -0.2) is 19.8 Å². The van der Waals surface area contributed by atoms with Gasteiger partial charge >= 0.3 is 0 Å². The van der Waals surface area contributed by atoms with Gasteiger partial charge in [-0.2, -0.15) is 0 Å². The van der Waals surface area contributed by atoms with Crippen molar-refractivity contribution in [2.24, 2.45) is 0 Å². The van der Waals surface area contributed by atoms with Crippen molar-refractivity contribution >= 4 is 34.2 Å². The topological polar surface area (TPSA) is 92.7 Å². The number of aromatic hydroxyl groups is 1. The number of benzene rings is 4. The lowest BCUT2D eigenvalue weighted by atomic mass is 10.0. The summed E-state index contributed by atoms with van der Waals surface area (Å²) < 4.78 is 37.8. The molecule has 8 heteroatoms. The van der Waals surface area contributed by atoms with Crippen LogP contribution < -0.4 is 9.62 Å². The van der Waals surface area contributed by atoms with Gasteiger partial charge in [0, 0.05) is 11.3 Å². The molecule has 4 rings (SSSR count). The van der Waals surface area contributed by atoms with Gasteiger partial charge in [-0.05, 0) is 65.7 Å². The van der Waals surface area contributed by atoms with E-state index in [0.29, 0.717) is 5.56 Å². The number of phenolic OH excluding ortho intramolecular Hbond substituents is 1. The molecule has 0 aliphatic heterocycles. The molecule has 0 spiro atoms. The molecule has 0 bridgehead atoms. The van der Waals surface area contributed by atoms with E-state index in [0.717, 1.165) is 27.6 Å². The normalized spacial score (nSPS) is 11.6. The number of nitrogens with one attached hydrogen (secondary N) is 1. The van der Waals surface area contributed by atoms with Crippen molar-refractivity contribution in [3.05, 3.63) is 108 Å². The Morgan fingerprint density at radius 1 is 0.879 bits per heavy atom. The predicted octanol–water partition coefficient (Wildman–Crippen LogP) is 5.38. The quantitative estimate of drug-likeness (QED) is 0.298. The average Bonchev–Trinajstić information content (AvgIpc) is 2.83. The molecule has 0 saturated carbocycles. The maximum absolute atomic E-state index is 13.3. The Hall–Kier alpha value is -4.01. The molecule has 0 fully saturated rings. The minimum Gasteiger partial charge on any atom is -0.755 e. The number of halogens is 1. The van der Waals surface area contributed by atoms with Crippen LogP contribution in [0.2, 0.25) is 0 Å². The van der Waals surface area contributed by atoms with Crippen LogP contribution in [0.25, 0.3) is 11.1 Å². The fourth-order valence-corrected chi connectivity index (χ4v) is 3.89. The Labute approximate surface area is 192 Å². The summed E-state index contributed by atoms with van der Waals surface area (Å²) in [5.41, 5.74) is 2.71. The van der Waals surface area contributed by atoms with Crippen molar-refractivity contribution < 1.29 is 23.1 Å². The first-order valence-electron chi connectivity index (χ1n) is 9.87. The molecular formula is C25H18FN2O4S-. The second-order valence-corrected chi connectivity index (χ2v) is 7.89. The molecule has 4 aromatic carbocycles. The number of hydrogen-bond donors (Lipinski definition) is 2. The van der Waals surface area contributed by atoms with Crippen LogP contribution in [0.5, 0.6) is 5.75 Å². The first-order valence-corrected chi connectivity index (χ1v) is 10.9. The van der Waals surface area contributed by atoms with Crippen LogP contribution in [0, 0.1) is 5.82 Å². The zero-order chi connectivity index (χ0) is 23.4. The van der Waals surface area contributed by atoms with E-state index < -0.39 is 23.0 Å². The summed E-state index contributed by atoms with van der Waals surface area (Å²) in [7, 11) is 0. The SMILES string of the molecule is O=C(Nc1ccc(O)c(N(c2ccc(F)cc2)S(=O)[O-])c1)c1ccc(-c2ccccc2)cc1. The number of nitrogens with zero attached hydrogens (tertiary/aromatic N) is 1. The molecule has 2 N–H and O–H groups in total. The van der Waals surface area contributed by atoms with Crippen LogP contribution in [0.3, 0.4) is 0 Å². The Morgan fingerprint density at radius 2 is 1.52 bits per heavy atom. The number of phenols is 1. The van der Waals surface area contributed by atoms with Gasteiger partial charge in [-0.15, -0.1) is 0 Å². The highest BCUT2D eigenvalue weighted by molar-refractivity contribution is 7.81. The van der Waals surface area contributed by atoms with Crippen LogP contribution in [0.4, 0.5) is 21.5 Å². The fraction of sp³-hybridized carbons (Fsp3) is 0. The molecule has 0 aromatic heterocycles. The van der Waals surface area contributed by atoms with Crippen LogP contribution in [0.1, 0.15) is 10.4 Å².